The van der Waals surface area contributed by atoms with Crippen molar-refractivity contribution in [1.29, 1.82) is 0 Å². The van der Waals surface area contributed by atoms with Gasteiger partial charge in [-0.05, 0) is 44.4 Å². The fraction of sp³-hybridized carbons (Fsp3) is 0.667. The molecule has 0 bridgehead atoms. The summed E-state index contributed by atoms with van der Waals surface area (Å²) in [7, 11) is 2.21. The number of aliphatic imine (C=N–C) groups is 1. The van der Waals surface area contributed by atoms with Crippen molar-refractivity contribution in [2.45, 2.75) is 24.2 Å². The van der Waals surface area contributed by atoms with Crippen LogP contribution >= 0.6 is 24.0 Å². The van der Waals surface area contributed by atoms with Gasteiger partial charge in [-0.15, -0.1) is 24.0 Å². The number of halogens is 1. The zero-order valence-corrected chi connectivity index (χ0v) is 22.1. The molecule has 0 aromatic heterocycles. The number of sulfonamides is 1. The van der Waals surface area contributed by atoms with E-state index in [9.17, 15) is 8.42 Å². The summed E-state index contributed by atoms with van der Waals surface area (Å²) < 4.78 is 32.1. The molecule has 1 saturated heterocycles. The van der Waals surface area contributed by atoms with E-state index < -0.39 is 10.0 Å². The van der Waals surface area contributed by atoms with Gasteiger partial charge in [0.05, 0.1) is 4.90 Å². The lowest BCUT2D eigenvalue weighted by Gasteiger charge is -2.31. The largest absolute Gasteiger partial charge is 0.385 e. The Hall–Kier alpha value is -0.950. The van der Waals surface area contributed by atoms with Crippen LogP contribution < -0.4 is 10.6 Å². The third kappa shape index (κ3) is 9.60. The lowest BCUT2D eigenvalue weighted by molar-refractivity contribution is 0.180. The SMILES string of the molecule is CN=C(NCCN(C)CCCOC)NCC1CCN(S(=O)(=O)c2ccccc2)CC1.I. The Kier molecular flexibility index (Phi) is 13.6. The summed E-state index contributed by atoms with van der Waals surface area (Å²) in [5.41, 5.74) is 0. The predicted octanol–water partition coefficient (Wildman–Crippen LogP) is 1.84. The van der Waals surface area contributed by atoms with E-state index in [4.69, 9.17) is 4.74 Å². The number of rotatable bonds is 11. The number of guanidine groups is 1. The fourth-order valence-corrected chi connectivity index (χ4v) is 5.00. The van der Waals surface area contributed by atoms with E-state index >= 15 is 0 Å². The lowest BCUT2D eigenvalue weighted by atomic mass is 9.98. The van der Waals surface area contributed by atoms with Crippen LogP contribution in [0, 0.1) is 5.92 Å². The molecular weight excluding hydrogens is 529 g/mol. The average molecular weight is 568 g/mol. The minimum absolute atomic E-state index is 0. The second-order valence-electron chi connectivity index (χ2n) is 7.69. The molecule has 1 heterocycles. The number of benzene rings is 1. The number of likely N-dealkylation sites (N-methyl/N-ethyl adjacent to an activating group) is 1. The maximum atomic E-state index is 12.7. The highest BCUT2D eigenvalue weighted by atomic mass is 127. The molecule has 0 spiro atoms. The van der Waals surface area contributed by atoms with Crippen LogP contribution in [0.1, 0.15) is 19.3 Å². The van der Waals surface area contributed by atoms with Crippen molar-refractivity contribution in [3.8, 4) is 0 Å². The zero-order valence-electron chi connectivity index (χ0n) is 18.9. The van der Waals surface area contributed by atoms with E-state index in [1.165, 1.54) is 0 Å². The molecule has 0 amide bonds. The molecule has 1 aliphatic rings. The third-order valence-electron chi connectivity index (χ3n) is 5.41. The highest BCUT2D eigenvalue weighted by molar-refractivity contribution is 14.0. The maximum absolute atomic E-state index is 12.7. The van der Waals surface area contributed by atoms with Crippen LogP contribution in [0.5, 0.6) is 0 Å². The number of hydrogen-bond acceptors (Lipinski definition) is 5. The molecule has 0 aliphatic carbocycles. The van der Waals surface area contributed by atoms with Gasteiger partial charge >= 0.3 is 0 Å². The van der Waals surface area contributed by atoms with Crippen LogP contribution in [0.15, 0.2) is 40.2 Å². The Morgan fingerprint density at radius 3 is 2.48 bits per heavy atom. The Labute approximate surface area is 204 Å². The number of nitrogens with one attached hydrogen (secondary N) is 2. The second-order valence-corrected chi connectivity index (χ2v) is 9.63. The first-order valence-corrected chi connectivity index (χ1v) is 12.1. The zero-order chi connectivity index (χ0) is 21.8. The Morgan fingerprint density at radius 2 is 1.87 bits per heavy atom. The van der Waals surface area contributed by atoms with Gasteiger partial charge in [0.25, 0.3) is 0 Å². The van der Waals surface area contributed by atoms with Gasteiger partial charge in [0, 0.05) is 60.0 Å². The van der Waals surface area contributed by atoms with E-state index in [0.717, 1.165) is 58.0 Å². The van der Waals surface area contributed by atoms with E-state index in [-0.39, 0.29) is 24.0 Å². The summed E-state index contributed by atoms with van der Waals surface area (Å²) in [5.74, 6) is 1.22. The van der Waals surface area contributed by atoms with Gasteiger partial charge < -0.3 is 20.3 Å². The summed E-state index contributed by atoms with van der Waals surface area (Å²) in [4.78, 5) is 6.93. The van der Waals surface area contributed by atoms with Crippen LogP contribution in [0.3, 0.4) is 0 Å². The maximum Gasteiger partial charge on any atom is 0.243 e. The third-order valence-corrected chi connectivity index (χ3v) is 7.32. The Bertz CT molecular complexity index is 741. The van der Waals surface area contributed by atoms with Crippen LogP contribution in [-0.4, -0.2) is 90.7 Å². The van der Waals surface area contributed by atoms with Crippen LogP contribution in [-0.2, 0) is 14.8 Å². The molecule has 2 rings (SSSR count). The molecule has 0 saturated carbocycles. The number of hydrogen-bond donors (Lipinski definition) is 2. The van der Waals surface area contributed by atoms with Crippen LogP contribution in [0.4, 0.5) is 0 Å². The van der Waals surface area contributed by atoms with E-state index in [2.05, 4.69) is 27.6 Å². The highest BCUT2D eigenvalue weighted by Crippen LogP contribution is 2.23. The summed E-state index contributed by atoms with van der Waals surface area (Å²) in [5, 5.41) is 6.73. The molecule has 1 fully saturated rings. The quantitative estimate of drug-likeness (QED) is 0.184. The fourth-order valence-electron chi connectivity index (χ4n) is 3.51. The van der Waals surface area contributed by atoms with Crippen molar-refractivity contribution in [2.24, 2.45) is 10.9 Å². The first kappa shape index (κ1) is 28.1. The molecule has 2 N–H and O–H groups in total. The van der Waals surface area contributed by atoms with Crippen LogP contribution in [0.2, 0.25) is 0 Å². The number of nitrogens with zero attached hydrogens (tertiary/aromatic N) is 3. The van der Waals surface area contributed by atoms with Crippen molar-refractivity contribution in [2.75, 3.05) is 67.1 Å². The van der Waals surface area contributed by atoms with Gasteiger partial charge in [0.2, 0.25) is 10.0 Å². The van der Waals surface area contributed by atoms with Gasteiger partial charge in [-0.2, -0.15) is 4.31 Å². The van der Waals surface area contributed by atoms with Crippen LogP contribution in [0.25, 0.3) is 0 Å². The molecule has 8 nitrogen and oxygen atoms in total. The minimum atomic E-state index is -3.39. The number of ether oxygens (including phenoxy) is 1. The first-order chi connectivity index (χ1) is 14.5. The monoisotopic (exact) mass is 567 g/mol. The summed E-state index contributed by atoms with van der Waals surface area (Å²) in [6, 6.07) is 8.68. The van der Waals surface area contributed by atoms with E-state index in [1.54, 1.807) is 42.7 Å². The molecule has 1 aromatic rings. The molecular formula is C21H38IN5O3S. The van der Waals surface area contributed by atoms with Gasteiger partial charge in [-0.1, -0.05) is 18.2 Å². The molecule has 10 heteroatoms. The molecule has 1 aromatic carbocycles. The van der Waals surface area contributed by atoms with E-state index in [0.29, 0.717) is 23.9 Å². The normalized spacial score (nSPS) is 16.2. The van der Waals surface area contributed by atoms with Gasteiger partial charge in [-0.25, -0.2) is 8.42 Å². The van der Waals surface area contributed by atoms with Gasteiger partial charge in [0.1, 0.15) is 0 Å². The average Bonchev–Trinajstić information content (AvgIpc) is 2.77. The van der Waals surface area contributed by atoms with Crippen molar-refractivity contribution < 1.29 is 13.2 Å². The minimum Gasteiger partial charge on any atom is -0.385 e. The molecule has 31 heavy (non-hydrogen) atoms. The molecule has 178 valence electrons. The number of methoxy groups -OCH3 is 1. The predicted molar refractivity (Wildman–Crippen MR) is 137 cm³/mol. The van der Waals surface area contributed by atoms with E-state index in [1.807, 2.05) is 6.07 Å². The first-order valence-electron chi connectivity index (χ1n) is 10.6. The molecule has 0 unspecified atom stereocenters. The van der Waals surface area contributed by atoms with Gasteiger partial charge in [-0.3, -0.25) is 4.99 Å². The van der Waals surface area contributed by atoms with Crippen molar-refractivity contribution >= 4 is 40.0 Å². The molecule has 0 radical (unpaired) electrons. The molecule has 0 atom stereocenters. The standard InChI is InChI=1S/C21H37N5O3S.HI/c1-22-21(23-12-16-25(2)13-7-17-29-3)24-18-19-10-14-26(15-11-19)30(27,28)20-8-5-4-6-9-20;/h4-6,8-9,19H,7,10-18H2,1-3H3,(H2,22,23,24);1H. The molecule has 1 aliphatic heterocycles. The van der Waals surface area contributed by atoms with Crippen molar-refractivity contribution in [3.63, 3.8) is 0 Å². The Balaban J connectivity index is 0.00000480. The smallest absolute Gasteiger partial charge is 0.243 e. The summed E-state index contributed by atoms with van der Waals surface area (Å²) in [6.45, 7) is 5.45. The topological polar surface area (TPSA) is 86.3 Å². The van der Waals surface area contributed by atoms with Crippen molar-refractivity contribution in [1.82, 2.24) is 19.8 Å². The summed E-state index contributed by atoms with van der Waals surface area (Å²) in [6.07, 6.45) is 2.72. The summed E-state index contributed by atoms with van der Waals surface area (Å²) >= 11 is 0. The highest BCUT2D eigenvalue weighted by Gasteiger charge is 2.29. The Morgan fingerprint density at radius 1 is 1.19 bits per heavy atom. The van der Waals surface area contributed by atoms with Gasteiger partial charge in [0.15, 0.2) is 5.96 Å². The van der Waals surface area contributed by atoms with Crippen molar-refractivity contribution in [3.05, 3.63) is 30.3 Å². The second kappa shape index (κ2) is 15.0. The number of piperidine rings is 1. The lowest BCUT2D eigenvalue weighted by Crippen LogP contribution is -2.45.